The standard InChI is InChI=1S/C17H19FN2O3/c18-14-3-1-13(2-4-14)10-20-12-17(22)16(21)9-15(20)11-19-5-7-23-8-6-19/h1-4,9,12,22H,5-8,10-11H2. The van der Waals surface area contributed by atoms with Crippen molar-refractivity contribution in [3.63, 3.8) is 0 Å². The second-order valence-corrected chi connectivity index (χ2v) is 5.66. The molecular weight excluding hydrogens is 299 g/mol. The summed E-state index contributed by atoms with van der Waals surface area (Å²) in [5.41, 5.74) is 1.33. The number of morpholine rings is 1. The Hall–Kier alpha value is -2.18. The van der Waals surface area contributed by atoms with Gasteiger partial charge < -0.3 is 14.4 Å². The van der Waals surface area contributed by atoms with E-state index in [4.69, 9.17) is 4.74 Å². The zero-order valence-corrected chi connectivity index (χ0v) is 12.7. The van der Waals surface area contributed by atoms with Crippen LogP contribution < -0.4 is 5.43 Å². The molecule has 1 aliphatic rings. The summed E-state index contributed by atoms with van der Waals surface area (Å²) in [7, 11) is 0. The van der Waals surface area contributed by atoms with E-state index in [1.54, 1.807) is 12.1 Å². The summed E-state index contributed by atoms with van der Waals surface area (Å²) in [5.74, 6) is -0.567. The van der Waals surface area contributed by atoms with Crippen LogP contribution in [0.4, 0.5) is 4.39 Å². The van der Waals surface area contributed by atoms with E-state index in [9.17, 15) is 14.3 Å². The summed E-state index contributed by atoms with van der Waals surface area (Å²) in [4.78, 5) is 14.0. The number of rotatable bonds is 4. The van der Waals surface area contributed by atoms with Gasteiger partial charge >= 0.3 is 0 Å². The molecule has 1 aromatic heterocycles. The summed E-state index contributed by atoms with van der Waals surface area (Å²) < 4.78 is 20.2. The van der Waals surface area contributed by atoms with Crippen molar-refractivity contribution >= 4 is 0 Å². The summed E-state index contributed by atoms with van der Waals surface area (Å²) in [6.45, 7) is 4.06. The zero-order valence-electron chi connectivity index (χ0n) is 12.7. The van der Waals surface area contributed by atoms with Gasteiger partial charge in [-0.2, -0.15) is 0 Å². The first kappa shape index (κ1) is 15.7. The van der Waals surface area contributed by atoms with Crippen LogP contribution in [0.15, 0.2) is 41.3 Å². The van der Waals surface area contributed by atoms with E-state index in [0.717, 1.165) is 24.3 Å². The normalized spacial score (nSPS) is 15.7. The molecule has 0 unspecified atom stereocenters. The van der Waals surface area contributed by atoms with Crippen molar-refractivity contribution in [3.05, 3.63) is 63.8 Å². The molecule has 2 heterocycles. The predicted octanol–water partition coefficient (Wildman–Crippen LogP) is 1.57. The van der Waals surface area contributed by atoms with E-state index in [-0.39, 0.29) is 17.0 Å². The van der Waals surface area contributed by atoms with Crippen LogP contribution in [0.2, 0.25) is 0 Å². The molecule has 3 rings (SSSR count). The lowest BCUT2D eigenvalue weighted by Crippen LogP contribution is -2.36. The molecule has 1 saturated heterocycles. The fourth-order valence-electron chi connectivity index (χ4n) is 2.66. The number of pyridine rings is 1. The van der Waals surface area contributed by atoms with Crippen LogP contribution in [-0.2, 0) is 17.8 Å². The minimum absolute atomic E-state index is 0.280. The summed E-state index contributed by atoms with van der Waals surface area (Å²) >= 11 is 0. The van der Waals surface area contributed by atoms with E-state index >= 15 is 0 Å². The largest absolute Gasteiger partial charge is 0.503 e. The minimum Gasteiger partial charge on any atom is -0.503 e. The van der Waals surface area contributed by atoms with Crippen LogP contribution in [0.3, 0.4) is 0 Å². The summed E-state index contributed by atoms with van der Waals surface area (Å²) in [6.07, 6.45) is 1.45. The molecule has 0 radical (unpaired) electrons. The van der Waals surface area contributed by atoms with Crippen LogP contribution in [0, 0.1) is 5.82 Å². The molecule has 1 aliphatic heterocycles. The molecule has 6 heteroatoms. The minimum atomic E-state index is -0.386. The number of hydrogen-bond acceptors (Lipinski definition) is 4. The predicted molar refractivity (Wildman–Crippen MR) is 84.0 cm³/mol. The number of hydrogen-bond donors (Lipinski definition) is 1. The molecule has 1 N–H and O–H groups in total. The highest BCUT2D eigenvalue weighted by molar-refractivity contribution is 5.23. The lowest BCUT2D eigenvalue weighted by molar-refractivity contribution is 0.0331. The Morgan fingerprint density at radius 3 is 2.52 bits per heavy atom. The molecule has 0 saturated carbocycles. The highest BCUT2D eigenvalue weighted by Crippen LogP contribution is 2.13. The van der Waals surface area contributed by atoms with Crippen molar-refractivity contribution in [3.8, 4) is 5.75 Å². The van der Waals surface area contributed by atoms with Crippen LogP contribution in [-0.4, -0.2) is 40.9 Å². The van der Waals surface area contributed by atoms with E-state index in [0.29, 0.717) is 26.3 Å². The Labute approximate surface area is 133 Å². The molecule has 1 fully saturated rings. The van der Waals surface area contributed by atoms with Gasteiger partial charge in [-0.05, 0) is 17.7 Å². The molecule has 2 aromatic rings. The summed E-state index contributed by atoms with van der Waals surface area (Å²) in [6, 6.07) is 7.67. The van der Waals surface area contributed by atoms with Gasteiger partial charge in [-0.25, -0.2) is 4.39 Å². The molecule has 1 aromatic carbocycles. The number of nitrogens with zero attached hydrogens (tertiary/aromatic N) is 2. The Kier molecular flexibility index (Phi) is 4.73. The first-order chi connectivity index (χ1) is 11.1. The van der Waals surface area contributed by atoms with Gasteiger partial charge in [-0.15, -0.1) is 0 Å². The maximum absolute atomic E-state index is 13.0. The number of aromatic nitrogens is 1. The van der Waals surface area contributed by atoms with Crippen LogP contribution in [0.1, 0.15) is 11.3 Å². The lowest BCUT2D eigenvalue weighted by atomic mass is 10.2. The second-order valence-electron chi connectivity index (χ2n) is 5.66. The average molecular weight is 318 g/mol. The highest BCUT2D eigenvalue weighted by atomic mass is 19.1. The van der Waals surface area contributed by atoms with Crippen molar-refractivity contribution < 1.29 is 14.2 Å². The Morgan fingerprint density at radius 1 is 1.13 bits per heavy atom. The third-order valence-electron chi connectivity index (χ3n) is 3.95. The smallest absolute Gasteiger partial charge is 0.223 e. The van der Waals surface area contributed by atoms with Crippen LogP contribution >= 0.6 is 0 Å². The Balaban J connectivity index is 1.86. The highest BCUT2D eigenvalue weighted by Gasteiger charge is 2.14. The fourth-order valence-corrected chi connectivity index (χ4v) is 2.66. The van der Waals surface area contributed by atoms with Gasteiger partial charge in [0.05, 0.1) is 19.4 Å². The molecule has 5 nitrogen and oxygen atoms in total. The van der Waals surface area contributed by atoms with Gasteiger partial charge in [0.1, 0.15) is 5.82 Å². The van der Waals surface area contributed by atoms with Gasteiger partial charge in [0.15, 0.2) is 5.75 Å². The molecule has 0 aliphatic carbocycles. The van der Waals surface area contributed by atoms with Crippen molar-refractivity contribution in [1.82, 2.24) is 9.47 Å². The van der Waals surface area contributed by atoms with Gasteiger partial charge in [0, 0.05) is 37.9 Å². The summed E-state index contributed by atoms with van der Waals surface area (Å²) in [5, 5.41) is 9.73. The van der Waals surface area contributed by atoms with Gasteiger partial charge in [-0.1, -0.05) is 12.1 Å². The van der Waals surface area contributed by atoms with Crippen molar-refractivity contribution in [2.75, 3.05) is 26.3 Å². The number of benzene rings is 1. The third-order valence-corrected chi connectivity index (χ3v) is 3.95. The first-order valence-electron chi connectivity index (χ1n) is 7.59. The molecule has 122 valence electrons. The molecular formula is C17H19FN2O3. The van der Waals surface area contributed by atoms with Gasteiger partial charge in [0.25, 0.3) is 0 Å². The second kappa shape index (κ2) is 6.93. The Bertz CT molecular complexity index is 722. The van der Waals surface area contributed by atoms with Crippen molar-refractivity contribution in [2.24, 2.45) is 0 Å². The van der Waals surface area contributed by atoms with Crippen LogP contribution in [0.5, 0.6) is 5.75 Å². The Morgan fingerprint density at radius 2 is 1.83 bits per heavy atom. The lowest BCUT2D eigenvalue weighted by Gasteiger charge is -2.27. The van der Waals surface area contributed by atoms with Crippen molar-refractivity contribution in [2.45, 2.75) is 13.1 Å². The number of ether oxygens (including phenoxy) is 1. The van der Waals surface area contributed by atoms with Crippen LogP contribution in [0.25, 0.3) is 0 Å². The van der Waals surface area contributed by atoms with E-state index < -0.39 is 0 Å². The van der Waals surface area contributed by atoms with E-state index in [1.165, 1.54) is 24.4 Å². The number of halogens is 1. The molecule has 0 spiro atoms. The van der Waals surface area contributed by atoms with Gasteiger partial charge in [0.2, 0.25) is 5.43 Å². The maximum atomic E-state index is 13.0. The monoisotopic (exact) mass is 318 g/mol. The fraction of sp³-hybridized carbons (Fsp3) is 0.353. The third kappa shape index (κ3) is 3.97. The molecule has 23 heavy (non-hydrogen) atoms. The van der Waals surface area contributed by atoms with Gasteiger partial charge in [-0.3, -0.25) is 9.69 Å². The maximum Gasteiger partial charge on any atom is 0.223 e. The molecule has 0 amide bonds. The van der Waals surface area contributed by atoms with Crippen molar-refractivity contribution in [1.29, 1.82) is 0 Å². The van der Waals surface area contributed by atoms with E-state index in [1.807, 2.05) is 4.57 Å². The SMILES string of the molecule is O=c1cc(CN2CCOCC2)n(Cc2ccc(F)cc2)cc1O. The quantitative estimate of drug-likeness (QED) is 0.930. The average Bonchev–Trinajstić information content (AvgIpc) is 2.55. The number of aromatic hydroxyl groups is 1. The topological polar surface area (TPSA) is 54.7 Å². The van der Waals surface area contributed by atoms with E-state index in [2.05, 4.69) is 4.90 Å². The molecule has 0 atom stereocenters. The first-order valence-corrected chi connectivity index (χ1v) is 7.59. The molecule has 0 bridgehead atoms. The zero-order chi connectivity index (χ0) is 16.2.